The zero-order valence-corrected chi connectivity index (χ0v) is 21.1. The van der Waals surface area contributed by atoms with Crippen molar-refractivity contribution in [3.8, 4) is 22.9 Å². The predicted octanol–water partition coefficient (Wildman–Crippen LogP) is 4.20. The number of rotatable bonds is 5. The predicted molar refractivity (Wildman–Crippen MR) is 146 cm³/mol. The highest BCUT2D eigenvalue weighted by molar-refractivity contribution is 5.94. The number of halogens is 1. The number of pyridine rings is 3. The van der Waals surface area contributed by atoms with E-state index in [1.165, 1.54) is 12.3 Å². The minimum absolute atomic E-state index is 0.190. The number of amides is 1. The Morgan fingerprint density at radius 3 is 2.75 bits per heavy atom. The lowest BCUT2D eigenvalue weighted by Crippen LogP contribution is -2.27. The van der Waals surface area contributed by atoms with Crippen molar-refractivity contribution in [3.63, 3.8) is 0 Å². The number of aromatic nitrogens is 7. The van der Waals surface area contributed by atoms with E-state index in [9.17, 15) is 9.18 Å². The molecule has 1 aromatic carbocycles. The van der Waals surface area contributed by atoms with Crippen molar-refractivity contribution in [2.24, 2.45) is 0 Å². The highest BCUT2D eigenvalue weighted by Gasteiger charge is 2.26. The number of anilines is 1. The highest BCUT2D eigenvalue weighted by Crippen LogP contribution is 2.36. The SMILES string of the molecule is Nc1ncccc1-c1nc2ccc(-n3cccn3)nc2n1-c1ccc2c(c1)CC[C@@H]2NC(=O)c1ccnc(F)c1. The quantitative estimate of drug-likeness (QED) is 0.319. The van der Waals surface area contributed by atoms with Gasteiger partial charge in [0.1, 0.15) is 11.3 Å². The molecule has 1 atom stereocenters. The van der Waals surface area contributed by atoms with E-state index in [1.807, 2.05) is 53.2 Å². The minimum atomic E-state index is -0.689. The first kappa shape index (κ1) is 23.7. The maximum Gasteiger partial charge on any atom is 0.251 e. The van der Waals surface area contributed by atoms with E-state index in [2.05, 4.69) is 26.4 Å². The summed E-state index contributed by atoms with van der Waals surface area (Å²) < 4.78 is 17.2. The van der Waals surface area contributed by atoms with Gasteiger partial charge in [0.2, 0.25) is 5.95 Å². The standard InChI is InChI=1S/C29H22FN9O/c30-24-16-18(10-13-32-24)29(40)36-22-7-4-17-15-19(5-6-20(17)22)39-27(21-3-1-11-33-26(21)31)35-23-8-9-25(37-28(23)39)38-14-2-12-34-38/h1-3,5-6,8-16,22H,4,7H2,(H2,31,33)(H,36,40)/t22-/m0/s1. The van der Waals surface area contributed by atoms with Crippen molar-refractivity contribution in [1.82, 2.24) is 39.6 Å². The molecule has 5 heterocycles. The average Bonchev–Trinajstić information content (AvgIpc) is 3.72. The van der Waals surface area contributed by atoms with Gasteiger partial charge < -0.3 is 11.1 Å². The zero-order valence-electron chi connectivity index (χ0n) is 21.1. The average molecular weight is 532 g/mol. The van der Waals surface area contributed by atoms with Crippen molar-refractivity contribution in [3.05, 3.63) is 108 Å². The monoisotopic (exact) mass is 531 g/mol. The van der Waals surface area contributed by atoms with Gasteiger partial charge in [-0.15, -0.1) is 0 Å². The van der Waals surface area contributed by atoms with Gasteiger partial charge in [0, 0.05) is 42.1 Å². The zero-order chi connectivity index (χ0) is 27.2. The number of nitrogens with one attached hydrogen (secondary N) is 1. The first-order valence-electron chi connectivity index (χ1n) is 12.7. The Hall–Kier alpha value is -5.45. The van der Waals surface area contributed by atoms with Gasteiger partial charge in [-0.25, -0.2) is 24.6 Å². The van der Waals surface area contributed by atoms with E-state index in [0.717, 1.165) is 35.7 Å². The molecule has 5 aromatic heterocycles. The Labute approximate surface area is 227 Å². The van der Waals surface area contributed by atoms with Gasteiger partial charge in [-0.1, -0.05) is 6.07 Å². The minimum Gasteiger partial charge on any atom is -0.383 e. The number of benzene rings is 1. The molecule has 1 aliphatic carbocycles. The lowest BCUT2D eigenvalue weighted by Gasteiger charge is -2.16. The van der Waals surface area contributed by atoms with E-state index < -0.39 is 5.95 Å². The topological polar surface area (TPSA) is 129 Å². The first-order valence-corrected chi connectivity index (χ1v) is 12.7. The number of nitrogen functional groups attached to an aromatic ring is 1. The van der Waals surface area contributed by atoms with Crippen LogP contribution in [-0.2, 0) is 6.42 Å². The maximum atomic E-state index is 13.5. The fourth-order valence-electron chi connectivity index (χ4n) is 5.19. The molecule has 3 N–H and O–H groups in total. The van der Waals surface area contributed by atoms with E-state index in [0.29, 0.717) is 34.2 Å². The Bertz CT molecular complexity index is 1900. The second-order valence-corrected chi connectivity index (χ2v) is 9.48. The molecule has 196 valence electrons. The largest absolute Gasteiger partial charge is 0.383 e. The molecule has 0 saturated heterocycles. The van der Waals surface area contributed by atoms with Crippen LogP contribution in [0.2, 0.25) is 0 Å². The number of imidazole rings is 1. The van der Waals surface area contributed by atoms with E-state index in [4.69, 9.17) is 15.7 Å². The number of nitrogens with zero attached hydrogens (tertiary/aromatic N) is 7. The summed E-state index contributed by atoms with van der Waals surface area (Å²) in [5, 5.41) is 7.35. The maximum absolute atomic E-state index is 13.5. The summed E-state index contributed by atoms with van der Waals surface area (Å²) in [5.41, 5.74) is 11.5. The highest BCUT2D eigenvalue weighted by atomic mass is 19.1. The third kappa shape index (κ3) is 4.04. The smallest absolute Gasteiger partial charge is 0.251 e. The molecule has 0 aliphatic heterocycles. The van der Waals surface area contributed by atoms with Crippen molar-refractivity contribution < 1.29 is 9.18 Å². The van der Waals surface area contributed by atoms with Gasteiger partial charge in [-0.05, 0) is 72.5 Å². The Kier molecular flexibility index (Phi) is 5.55. The summed E-state index contributed by atoms with van der Waals surface area (Å²) in [6.45, 7) is 0. The van der Waals surface area contributed by atoms with Crippen molar-refractivity contribution >= 4 is 22.9 Å². The van der Waals surface area contributed by atoms with E-state index in [1.54, 1.807) is 17.1 Å². The molecule has 10 nitrogen and oxygen atoms in total. The summed E-state index contributed by atoms with van der Waals surface area (Å²) in [7, 11) is 0. The van der Waals surface area contributed by atoms with E-state index >= 15 is 0 Å². The van der Waals surface area contributed by atoms with Crippen LogP contribution >= 0.6 is 0 Å². The molecule has 1 aliphatic rings. The third-order valence-corrected chi connectivity index (χ3v) is 7.06. The van der Waals surface area contributed by atoms with Gasteiger partial charge >= 0.3 is 0 Å². The molecule has 0 spiro atoms. The van der Waals surface area contributed by atoms with Gasteiger partial charge in [-0.3, -0.25) is 9.36 Å². The van der Waals surface area contributed by atoms with Crippen molar-refractivity contribution in [2.75, 3.05) is 5.73 Å². The Morgan fingerprint density at radius 1 is 1.00 bits per heavy atom. The summed E-state index contributed by atoms with van der Waals surface area (Å²) in [6.07, 6.45) is 7.95. The summed E-state index contributed by atoms with van der Waals surface area (Å²) in [5.74, 6) is 0.608. The van der Waals surface area contributed by atoms with Crippen LogP contribution in [0.3, 0.4) is 0 Å². The normalized spacial score (nSPS) is 14.4. The first-order chi connectivity index (χ1) is 19.5. The fraction of sp³-hybridized carbons (Fsp3) is 0.103. The molecule has 0 bridgehead atoms. The second kappa shape index (κ2) is 9.38. The lowest BCUT2D eigenvalue weighted by atomic mass is 10.1. The van der Waals surface area contributed by atoms with E-state index in [-0.39, 0.29) is 17.5 Å². The molecule has 7 rings (SSSR count). The molecule has 0 unspecified atom stereocenters. The number of aryl methyl sites for hydroxylation is 1. The van der Waals surface area contributed by atoms with Crippen LogP contribution in [-0.4, -0.2) is 40.2 Å². The van der Waals surface area contributed by atoms with Crippen LogP contribution in [0.1, 0.15) is 33.9 Å². The molecule has 0 radical (unpaired) electrons. The summed E-state index contributed by atoms with van der Waals surface area (Å²) in [6, 6.07) is 17.8. The lowest BCUT2D eigenvalue weighted by molar-refractivity contribution is 0.0936. The van der Waals surface area contributed by atoms with Crippen molar-refractivity contribution in [1.29, 1.82) is 0 Å². The van der Waals surface area contributed by atoms with Crippen LogP contribution in [0, 0.1) is 5.95 Å². The molecule has 40 heavy (non-hydrogen) atoms. The van der Waals surface area contributed by atoms with Gasteiger partial charge in [-0.2, -0.15) is 9.49 Å². The molecule has 0 saturated carbocycles. The number of hydrogen-bond donors (Lipinski definition) is 2. The summed E-state index contributed by atoms with van der Waals surface area (Å²) in [4.78, 5) is 30.4. The number of hydrogen-bond acceptors (Lipinski definition) is 7. The second-order valence-electron chi connectivity index (χ2n) is 9.48. The number of carbonyl (C=O) groups excluding carboxylic acids is 1. The molecule has 6 aromatic rings. The van der Waals surface area contributed by atoms with Gasteiger partial charge in [0.25, 0.3) is 5.91 Å². The third-order valence-electron chi connectivity index (χ3n) is 7.06. The Morgan fingerprint density at radius 2 is 1.93 bits per heavy atom. The van der Waals surface area contributed by atoms with Crippen LogP contribution < -0.4 is 11.1 Å². The van der Waals surface area contributed by atoms with Crippen molar-refractivity contribution in [2.45, 2.75) is 18.9 Å². The Balaban J connectivity index is 1.31. The number of nitrogens with two attached hydrogens (primary N) is 1. The molecule has 1 amide bonds. The van der Waals surface area contributed by atoms with Crippen LogP contribution in [0.5, 0.6) is 0 Å². The molecule has 0 fully saturated rings. The summed E-state index contributed by atoms with van der Waals surface area (Å²) >= 11 is 0. The number of fused-ring (bicyclic) bond motifs is 2. The fourth-order valence-corrected chi connectivity index (χ4v) is 5.19. The van der Waals surface area contributed by atoms with Crippen LogP contribution in [0.15, 0.2) is 85.5 Å². The molecular weight excluding hydrogens is 509 g/mol. The van der Waals surface area contributed by atoms with Crippen LogP contribution in [0.25, 0.3) is 34.1 Å². The molecule has 11 heteroatoms. The van der Waals surface area contributed by atoms with Gasteiger partial charge in [0.15, 0.2) is 17.3 Å². The van der Waals surface area contributed by atoms with Crippen LogP contribution in [0.4, 0.5) is 10.2 Å². The molecular formula is C29H22FN9O. The van der Waals surface area contributed by atoms with Gasteiger partial charge in [0.05, 0.1) is 11.6 Å². The number of carbonyl (C=O) groups is 1.